The van der Waals surface area contributed by atoms with Crippen molar-refractivity contribution in [3.8, 4) is 0 Å². The number of amides is 1. The number of rotatable bonds is 2. The zero-order valence-electron chi connectivity index (χ0n) is 11.8. The summed E-state index contributed by atoms with van der Waals surface area (Å²) in [6.45, 7) is 4.28. The van der Waals surface area contributed by atoms with E-state index in [0.717, 1.165) is 0 Å². The van der Waals surface area contributed by atoms with E-state index in [0.29, 0.717) is 5.65 Å². The van der Waals surface area contributed by atoms with Crippen LogP contribution in [0.25, 0.3) is 5.65 Å². The van der Waals surface area contributed by atoms with Crippen LogP contribution in [0, 0.1) is 5.41 Å². The largest absolute Gasteiger partial charge is 0.409 e. The SMILES string of the molecule is CC(C)(C)C(NC(=O)c1ccc2nncn2c1)C(F)(F)F. The summed E-state index contributed by atoms with van der Waals surface area (Å²) in [4.78, 5) is 12.0. The molecule has 1 unspecified atom stereocenters. The molecule has 0 aliphatic carbocycles. The first kappa shape index (κ1) is 15.3. The minimum absolute atomic E-state index is 0.112. The number of hydrogen-bond acceptors (Lipinski definition) is 3. The maximum atomic E-state index is 13.1. The molecule has 2 rings (SSSR count). The monoisotopic (exact) mass is 300 g/mol. The first-order valence-electron chi connectivity index (χ1n) is 6.26. The van der Waals surface area contributed by atoms with E-state index in [2.05, 4.69) is 15.5 Å². The van der Waals surface area contributed by atoms with Crippen molar-refractivity contribution in [2.24, 2.45) is 5.41 Å². The van der Waals surface area contributed by atoms with Crippen LogP contribution in [0.1, 0.15) is 31.1 Å². The smallest absolute Gasteiger partial charge is 0.340 e. The Bertz CT molecular complexity index is 643. The molecule has 0 bridgehead atoms. The van der Waals surface area contributed by atoms with Gasteiger partial charge < -0.3 is 5.32 Å². The Morgan fingerprint density at radius 2 is 1.95 bits per heavy atom. The van der Waals surface area contributed by atoms with E-state index in [-0.39, 0.29) is 5.56 Å². The minimum atomic E-state index is -4.52. The maximum Gasteiger partial charge on any atom is 0.409 e. The van der Waals surface area contributed by atoms with Crippen molar-refractivity contribution in [3.05, 3.63) is 30.2 Å². The van der Waals surface area contributed by atoms with Gasteiger partial charge in [-0.2, -0.15) is 13.2 Å². The number of nitrogens with one attached hydrogen (secondary N) is 1. The molecule has 5 nitrogen and oxygen atoms in total. The molecule has 114 valence electrons. The molecule has 0 aliphatic heterocycles. The Morgan fingerprint density at radius 1 is 1.29 bits per heavy atom. The van der Waals surface area contributed by atoms with E-state index in [1.807, 2.05) is 0 Å². The highest BCUT2D eigenvalue weighted by Crippen LogP contribution is 2.33. The Balaban J connectivity index is 2.26. The van der Waals surface area contributed by atoms with Gasteiger partial charge in [0.15, 0.2) is 5.65 Å². The molecule has 21 heavy (non-hydrogen) atoms. The van der Waals surface area contributed by atoms with Gasteiger partial charge in [0.25, 0.3) is 5.91 Å². The number of pyridine rings is 1. The van der Waals surface area contributed by atoms with Crippen molar-refractivity contribution in [1.82, 2.24) is 19.9 Å². The molecular formula is C13H15F3N4O. The summed E-state index contributed by atoms with van der Waals surface area (Å²) in [5.41, 5.74) is -0.523. The molecule has 0 aromatic carbocycles. The molecule has 8 heteroatoms. The Kier molecular flexibility index (Phi) is 3.65. The van der Waals surface area contributed by atoms with E-state index >= 15 is 0 Å². The second-order valence-corrected chi connectivity index (χ2v) is 5.83. The maximum absolute atomic E-state index is 13.1. The summed E-state index contributed by atoms with van der Waals surface area (Å²) in [5.74, 6) is -0.789. The first-order valence-corrected chi connectivity index (χ1v) is 6.26. The van der Waals surface area contributed by atoms with Crippen LogP contribution in [0.5, 0.6) is 0 Å². The third-order valence-corrected chi connectivity index (χ3v) is 3.02. The fraction of sp³-hybridized carbons (Fsp3) is 0.462. The highest BCUT2D eigenvalue weighted by atomic mass is 19.4. The number of aromatic nitrogens is 3. The Morgan fingerprint density at radius 3 is 2.52 bits per heavy atom. The first-order chi connectivity index (χ1) is 9.59. The van der Waals surface area contributed by atoms with E-state index in [1.165, 1.54) is 49.8 Å². The summed E-state index contributed by atoms with van der Waals surface area (Å²) in [5, 5.41) is 9.45. The second-order valence-electron chi connectivity index (χ2n) is 5.83. The van der Waals surface area contributed by atoms with Gasteiger partial charge in [-0.3, -0.25) is 9.20 Å². The molecule has 0 saturated carbocycles. The van der Waals surface area contributed by atoms with Gasteiger partial charge in [-0.25, -0.2) is 0 Å². The molecule has 0 aliphatic rings. The van der Waals surface area contributed by atoms with Gasteiger partial charge >= 0.3 is 6.18 Å². The zero-order chi connectivity index (χ0) is 15.8. The van der Waals surface area contributed by atoms with Crippen molar-refractivity contribution < 1.29 is 18.0 Å². The summed E-state index contributed by atoms with van der Waals surface area (Å²) < 4.78 is 40.6. The number of fused-ring (bicyclic) bond motifs is 1. The van der Waals surface area contributed by atoms with Crippen molar-refractivity contribution in [3.63, 3.8) is 0 Å². The number of nitrogens with zero attached hydrogens (tertiary/aromatic N) is 3. The molecule has 2 aromatic heterocycles. The van der Waals surface area contributed by atoms with Crippen LogP contribution >= 0.6 is 0 Å². The van der Waals surface area contributed by atoms with Crippen LogP contribution in [0.3, 0.4) is 0 Å². The average Bonchev–Trinajstić information content (AvgIpc) is 2.79. The van der Waals surface area contributed by atoms with Gasteiger partial charge in [0.2, 0.25) is 0 Å². The third-order valence-electron chi connectivity index (χ3n) is 3.02. The molecule has 1 atom stereocenters. The van der Waals surface area contributed by atoms with Gasteiger partial charge in [0.1, 0.15) is 12.4 Å². The molecule has 2 aromatic rings. The summed E-state index contributed by atoms with van der Waals surface area (Å²) >= 11 is 0. The number of hydrogen-bond donors (Lipinski definition) is 1. The second kappa shape index (κ2) is 5.01. The molecule has 0 radical (unpaired) electrons. The predicted molar refractivity (Wildman–Crippen MR) is 69.8 cm³/mol. The molecule has 0 fully saturated rings. The average molecular weight is 300 g/mol. The summed E-state index contributed by atoms with van der Waals surface area (Å²) in [6.07, 6.45) is -1.76. The standard InChI is InChI=1S/C13H15F3N4O/c1-12(2,3)11(13(14,15)16)18-10(21)8-4-5-9-19-17-7-20(9)6-8/h4-7,11H,1-3H3,(H,18,21). The molecular weight excluding hydrogens is 285 g/mol. The van der Waals surface area contributed by atoms with Crippen molar-refractivity contribution in [1.29, 1.82) is 0 Å². The molecule has 1 N–H and O–H groups in total. The van der Waals surface area contributed by atoms with Crippen LogP contribution in [-0.2, 0) is 0 Å². The number of carbonyl (C=O) groups is 1. The van der Waals surface area contributed by atoms with E-state index in [4.69, 9.17) is 0 Å². The van der Waals surface area contributed by atoms with E-state index < -0.39 is 23.5 Å². The van der Waals surface area contributed by atoms with Crippen molar-refractivity contribution in [2.75, 3.05) is 0 Å². The molecule has 1 amide bonds. The molecule has 0 spiro atoms. The van der Waals surface area contributed by atoms with Gasteiger partial charge in [-0.05, 0) is 17.5 Å². The van der Waals surface area contributed by atoms with Crippen LogP contribution in [-0.4, -0.2) is 32.7 Å². The molecule has 0 saturated heterocycles. The van der Waals surface area contributed by atoms with Crippen LogP contribution < -0.4 is 5.32 Å². The lowest BCUT2D eigenvalue weighted by atomic mass is 9.86. The lowest BCUT2D eigenvalue weighted by molar-refractivity contribution is -0.174. The predicted octanol–water partition coefficient (Wildman–Crippen LogP) is 2.44. The van der Waals surface area contributed by atoms with Crippen LogP contribution in [0.15, 0.2) is 24.7 Å². The van der Waals surface area contributed by atoms with Crippen molar-refractivity contribution >= 4 is 11.6 Å². The van der Waals surface area contributed by atoms with Crippen molar-refractivity contribution in [2.45, 2.75) is 33.0 Å². The lowest BCUT2D eigenvalue weighted by Gasteiger charge is -2.33. The van der Waals surface area contributed by atoms with Gasteiger partial charge in [-0.15, -0.1) is 10.2 Å². The summed E-state index contributed by atoms with van der Waals surface area (Å²) in [6, 6.07) is 0.992. The Hall–Kier alpha value is -2.12. The third kappa shape index (κ3) is 3.32. The highest BCUT2D eigenvalue weighted by Gasteiger charge is 2.47. The quantitative estimate of drug-likeness (QED) is 0.926. The van der Waals surface area contributed by atoms with Gasteiger partial charge in [0.05, 0.1) is 5.56 Å². The number of alkyl halides is 3. The van der Waals surface area contributed by atoms with E-state index in [9.17, 15) is 18.0 Å². The molecule has 2 heterocycles. The number of halogens is 3. The topological polar surface area (TPSA) is 59.3 Å². The zero-order valence-corrected chi connectivity index (χ0v) is 11.8. The summed E-state index contributed by atoms with van der Waals surface area (Å²) in [7, 11) is 0. The fourth-order valence-corrected chi connectivity index (χ4v) is 1.97. The van der Waals surface area contributed by atoms with Crippen LogP contribution in [0.2, 0.25) is 0 Å². The Labute approximate surface area is 119 Å². The van der Waals surface area contributed by atoms with E-state index in [1.54, 1.807) is 0 Å². The van der Waals surface area contributed by atoms with Crippen LogP contribution in [0.4, 0.5) is 13.2 Å². The minimum Gasteiger partial charge on any atom is -0.340 e. The normalized spacial score (nSPS) is 14.2. The lowest BCUT2D eigenvalue weighted by Crippen LogP contribution is -2.53. The number of carbonyl (C=O) groups excluding carboxylic acids is 1. The highest BCUT2D eigenvalue weighted by molar-refractivity contribution is 5.94. The van der Waals surface area contributed by atoms with Gasteiger partial charge in [0, 0.05) is 6.20 Å². The van der Waals surface area contributed by atoms with Gasteiger partial charge in [-0.1, -0.05) is 20.8 Å². The fourth-order valence-electron chi connectivity index (χ4n) is 1.97.